The molecule has 148 valence electrons. The Morgan fingerprint density at radius 3 is 2.57 bits per heavy atom. The summed E-state index contributed by atoms with van der Waals surface area (Å²) >= 11 is 4.02. The Morgan fingerprint density at radius 2 is 1.93 bits per heavy atom. The molecule has 0 spiro atoms. The number of nitrogens with one attached hydrogen (secondary N) is 1. The third-order valence-corrected chi connectivity index (χ3v) is 4.99. The summed E-state index contributed by atoms with van der Waals surface area (Å²) in [6.07, 6.45) is 0. The summed E-state index contributed by atoms with van der Waals surface area (Å²) in [4.78, 5) is 23.2. The number of primary amides is 1. The molecule has 2 amide bonds. The first-order chi connectivity index (χ1) is 13.2. The lowest BCUT2D eigenvalue weighted by atomic mass is 10.1. The smallest absolute Gasteiger partial charge is 0.275 e. The normalized spacial score (nSPS) is 11.1. The highest BCUT2D eigenvalue weighted by atomic mass is 127. The van der Waals surface area contributed by atoms with E-state index in [-0.39, 0.29) is 17.9 Å². The first kappa shape index (κ1) is 22.2. The molecule has 0 aromatic heterocycles. The minimum absolute atomic E-state index is 0.0935. The van der Waals surface area contributed by atoms with Gasteiger partial charge in [0.25, 0.3) is 11.8 Å². The highest BCUT2D eigenvalue weighted by Gasteiger charge is 2.15. The van der Waals surface area contributed by atoms with E-state index in [0.717, 1.165) is 3.57 Å². The molecule has 4 N–H and O–H groups in total. The van der Waals surface area contributed by atoms with Crippen molar-refractivity contribution in [2.45, 2.75) is 6.92 Å². The number of aromatic hydroxyl groups is 1. The predicted molar refractivity (Wildman–Crippen MR) is 121 cm³/mol. The predicted octanol–water partition coefficient (Wildman–Crippen LogP) is 2.63. The molecule has 0 unspecified atom stereocenters. The number of carbonyl (C=O) groups is 2. The van der Waals surface area contributed by atoms with E-state index >= 15 is 0 Å². The van der Waals surface area contributed by atoms with Gasteiger partial charge in [-0.1, -0.05) is 0 Å². The zero-order valence-corrected chi connectivity index (χ0v) is 19.3. The van der Waals surface area contributed by atoms with Crippen molar-refractivity contribution < 1.29 is 24.2 Å². The van der Waals surface area contributed by atoms with E-state index in [4.69, 9.17) is 15.2 Å². The average Bonchev–Trinajstić information content (AvgIpc) is 2.66. The number of phenols is 1. The number of halogens is 2. The van der Waals surface area contributed by atoms with Crippen LogP contribution >= 0.6 is 45.2 Å². The maximum Gasteiger partial charge on any atom is 0.275 e. The Labute approximate surface area is 188 Å². The number of hydrazone groups is 1. The number of hydrogen-bond acceptors (Lipinski definition) is 6. The molecule has 0 aliphatic rings. The van der Waals surface area contributed by atoms with E-state index in [1.165, 1.54) is 7.11 Å². The number of amides is 2. The van der Waals surface area contributed by atoms with Gasteiger partial charge in [-0.15, -0.1) is 0 Å². The van der Waals surface area contributed by atoms with Gasteiger partial charge < -0.3 is 20.3 Å². The van der Waals surface area contributed by atoms with Crippen LogP contribution in [0, 0.1) is 7.14 Å². The van der Waals surface area contributed by atoms with Gasteiger partial charge >= 0.3 is 0 Å². The molecule has 0 atom stereocenters. The van der Waals surface area contributed by atoms with Gasteiger partial charge in [-0.05, 0) is 82.4 Å². The summed E-state index contributed by atoms with van der Waals surface area (Å²) < 4.78 is 11.9. The molecular weight excluding hydrogens is 592 g/mol. The fraction of sp³-hybridized carbons (Fsp3) is 0.167. The van der Waals surface area contributed by atoms with Crippen molar-refractivity contribution in [2.75, 3.05) is 13.7 Å². The summed E-state index contributed by atoms with van der Waals surface area (Å²) in [5.74, 6) is -0.463. The molecule has 8 nitrogen and oxygen atoms in total. The van der Waals surface area contributed by atoms with Gasteiger partial charge in [0.2, 0.25) is 0 Å². The highest BCUT2D eigenvalue weighted by Crippen LogP contribution is 2.29. The quantitative estimate of drug-likeness (QED) is 0.253. The maximum absolute atomic E-state index is 12.4. The Balaban J connectivity index is 2.19. The molecule has 2 rings (SSSR count). The SMILES string of the molecule is COc1cc(/C(C)=N\NC(=O)c2cc(I)cc(I)c2O)ccc1OCC(N)=O. The summed E-state index contributed by atoms with van der Waals surface area (Å²) in [7, 11) is 1.46. The third kappa shape index (κ3) is 5.70. The van der Waals surface area contributed by atoms with Gasteiger partial charge in [-0.25, -0.2) is 5.43 Å². The number of benzene rings is 2. The minimum Gasteiger partial charge on any atom is -0.506 e. The van der Waals surface area contributed by atoms with Crippen LogP contribution in [-0.2, 0) is 4.79 Å². The van der Waals surface area contributed by atoms with E-state index in [1.54, 1.807) is 37.3 Å². The van der Waals surface area contributed by atoms with Crippen molar-refractivity contribution >= 4 is 62.7 Å². The van der Waals surface area contributed by atoms with Gasteiger partial charge in [-0.3, -0.25) is 9.59 Å². The number of carbonyl (C=O) groups excluding carboxylic acids is 2. The molecule has 0 aliphatic carbocycles. The molecular formula is C18H17I2N3O5. The van der Waals surface area contributed by atoms with Gasteiger partial charge in [0, 0.05) is 9.13 Å². The second-order valence-corrected chi connectivity index (χ2v) is 7.95. The molecule has 0 radical (unpaired) electrons. The standard InChI is InChI=1S/C18H17I2N3O5/c1-9(10-3-4-14(15(5-10)27-2)28-8-16(21)24)22-23-18(26)12-6-11(19)7-13(20)17(12)25/h3-7,25H,8H2,1-2H3,(H2,21,24)(H,23,26)/b22-9-. The number of rotatable bonds is 7. The Kier molecular flexibility index (Phi) is 7.86. The van der Waals surface area contributed by atoms with Crippen LogP contribution in [0.1, 0.15) is 22.8 Å². The number of ether oxygens (including phenoxy) is 2. The van der Waals surface area contributed by atoms with Crippen LogP contribution in [0.4, 0.5) is 0 Å². The molecule has 10 heteroatoms. The van der Waals surface area contributed by atoms with Gasteiger partial charge in [-0.2, -0.15) is 5.10 Å². The van der Waals surface area contributed by atoms with Crippen molar-refractivity contribution in [1.82, 2.24) is 5.43 Å². The lowest BCUT2D eigenvalue weighted by Gasteiger charge is -2.11. The van der Waals surface area contributed by atoms with E-state index in [2.05, 4.69) is 33.1 Å². The van der Waals surface area contributed by atoms with Crippen LogP contribution in [0.3, 0.4) is 0 Å². The zero-order chi connectivity index (χ0) is 20.8. The Morgan fingerprint density at radius 1 is 1.21 bits per heavy atom. The molecule has 0 saturated carbocycles. The molecule has 0 fully saturated rings. The lowest BCUT2D eigenvalue weighted by molar-refractivity contribution is -0.119. The first-order valence-electron chi connectivity index (χ1n) is 7.85. The zero-order valence-electron chi connectivity index (χ0n) is 15.0. The van der Waals surface area contributed by atoms with Crippen LogP contribution in [0.25, 0.3) is 0 Å². The lowest BCUT2D eigenvalue weighted by Crippen LogP contribution is -2.20. The van der Waals surface area contributed by atoms with Crippen LogP contribution in [0.15, 0.2) is 35.4 Å². The number of nitrogens with zero attached hydrogens (tertiary/aromatic N) is 1. The van der Waals surface area contributed by atoms with Crippen LogP contribution in [0.2, 0.25) is 0 Å². The number of methoxy groups -OCH3 is 1. The maximum atomic E-state index is 12.4. The second kappa shape index (κ2) is 9.91. The molecule has 0 aliphatic heterocycles. The number of nitrogens with two attached hydrogens (primary N) is 1. The topological polar surface area (TPSA) is 123 Å². The van der Waals surface area contributed by atoms with Crippen molar-refractivity contribution in [2.24, 2.45) is 10.8 Å². The van der Waals surface area contributed by atoms with Crippen molar-refractivity contribution in [3.63, 3.8) is 0 Å². The van der Waals surface area contributed by atoms with Crippen molar-refractivity contribution in [3.8, 4) is 17.2 Å². The van der Waals surface area contributed by atoms with Gasteiger partial charge in [0.15, 0.2) is 18.1 Å². The summed E-state index contributed by atoms with van der Waals surface area (Å²) in [6.45, 7) is 1.44. The number of hydrogen-bond donors (Lipinski definition) is 3. The summed E-state index contributed by atoms with van der Waals surface area (Å²) in [6, 6.07) is 8.32. The molecule has 2 aromatic carbocycles. The second-order valence-electron chi connectivity index (χ2n) is 5.54. The Bertz CT molecular complexity index is 947. The first-order valence-corrected chi connectivity index (χ1v) is 10.0. The van der Waals surface area contributed by atoms with Crippen molar-refractivity contribution in [1.29, 1.82) is 0 Å². The highest BCUT2D eigenvalue weighted by molar-refractivity contribution is 14.1. The van der Waals surface area contributed by atoms with Crippen molar-refractivity contribution in [3.05, 3.63) is 48.6 Å². The van der Waals surface area contributed by atoms with Gasteiger partial charge in [0.1, 0.15) is 5.75 Å². The molecule has 0 heterocycles. The van der Waals surface area contributed by atoms with E-state index in [0.29, 0.717) is 26.3 Å². The third-order valence-electron chi connectivity index (χ3n) is 3.55. The monoisotopic (exact) mass is 609 g/mol. The van der Waals surface area contributed by atoms with E-state index in [1.807, 2.05) is 22.6 Å². The van der Waals surface area contributed by atoms with Crippen LogP contribution < -0.4 is 20.6 Å². The van der Waals surface area contributed by atoms with E-state index in [9.17, 15) is 14.7 Å². The summed E-state index contributed by atoms with van der Waals surface area (Å²) in [5, 5.41) is 14.2. The molecule has 0 bridgehead atoms. The van der Waals surface area contributed by atoms with E-state index < -0.39 is 11.8 Å². The Hall–Kier alpha value is -2.09. The molecule has 0 saturated heterocycles. The van der Waals surface area contributed by atoms with Crippen LogP contribution in [-0.4, -0.2) is 36.3 Å². The average molecular weight is 609 g/mol. The summed E-state index contributed by atoms with van der Waals surface area (Å²) in [5.41, 5.74) is 8.82. The largest absolute Gasteiger partial charge is 0.506 e. The fourth-order valence-corrected chi connectivity index (χ4v) is 4.00. The van der Waals surface area contributed by atoms with Crippen LogP contribution in [0.5, 0.6) is 17.2 Å². The number of phenolic OH excluding ortho intramolecular Hbond substituents is 1. The van der Waals surface area contributed by atoms with Gasteiger partial charge in [0.05, 0.1) is 22.0 Å². The fourth-order valence-electron chi connectivity index (χ4n) is 2.16. The molecule has 2 aromatic rings. The molecule has 28 heavy (non-hydrogen) atoms. The minimum atomic E-state index is -0.597.